The number of nitrogens with two attached hydrogens (primary N) is 1. The molecule has 0 bridgehead atoms. The smallest absolute Gasteiger partial charge is 0.387 e. The van der Waals surface area contributed by atoms with Crippen LogP contribution in [0.5, 0.6) is 0 Å². The van der Waals surface area contributed by atoms with Gasteiger partial charge in [-0.15, -0.1) is 0 Å². The Morgan fingerprint density at radius 2 is 1.11 bits per heavy atom. The van der Waals surface area contributed by atoms with Crippen LogP contribution >= 0.6 is 7.82 Å². The summed E-state index contributed by atoms with van der Waals surface area (Å²) in [6.45, 7) is 4.12. The molecule has 0 aromatic heterocycles. The number of phosphoric acid groups is 1. The Labute approximate surface area is 284 Å². The van der Waals surface area contributed by atoms with Gasteiger partial charge in [0.05, 0.1) is 25.4 Å². The Balaban J connectivity index is 4.24. The number of hydrogen-bond donors (Lipinski definition) is 4. The summed E-state index contributed by atoms with van der Waals surface area (Å²) in [7, 11) is -4.32. The molecule has 0 aliphatic rings. The number of hydrogen-bond acceptors (Lipinski definition) is 6. The standard InChI is InChI=1S/C37H75N2O6P/c1-3-5-7-9-11-13-15-16-17-18-19-21-23-25-27-29-31-37(41)39-35(34-45-46(42,43)44-33-32-38)36(40)30-28-26-24-22-20-14-12-10-8-6-4-2/h28,30,35-36,40H,3-27,29,31-34,38H2,1-2H3,(H,39,41)(H,42,43)/b30-28+. The minimum Gasteiger partial charge on any atom is -0.387 e. The van der Waals surface area contributed by atoms with E-state index in [1.807, 2.05) is 6.08 Å². The minimum absolute atomic E-state index is 0.0810. The van der Waals surface area contributed by atoms with Gasteiger partial charge in [0.25, 0.3) is 0 Å². The van der Waals surface area contributed by atoms with Crippen molar-refractivity contribution in [2.75, 3.05) is 19.8 Å². The molecule has 0 saturated carbocycles. The average molecular weight is 675 g/mol. The molecule has 0 aliphatic carbocycles. The fourth-order valence-electron chi connectivity index (χ4n) is 5.66. The van der Waals surface area contributed by atoms with Crippen LogP contribution in [0.1, 0.15) is 187 Å². The first-order valence-corrected chi connectivity index (χ1v) is 20.8. The maximum atomic E-state index is 12.7. The predicted octanol–water partition coefficient (Wildman–Crippen LogP) is 10.1. The topological polar surface area (TPSA) is 131 Å². The lowest BCUT2D eigenvalue weighted by Crippen LogP contribution is -2.45. The SMILES string of the molecule is CCCCCCCCCCC/C=C/C(O)C(COP(=O)(O)OCCN)NC(=O)CCCCCCCCCCCCCCCCCC. The van der Waals surface area contributed by atoms with E-state index < -0.39 is 20.0 Å². The van der Waals surface area contributed by atoms with Crippen molar-refractivity contribution in [2.45, 2.75) is 199 Å². The van der Waals surface area contributed by atoms with Gasteiger partial charge < -0.3 is 21.1 Å². The first-order chi connectivity index (χ1) is 22.4. The largest absolute Gasteiger partial charge is 0.472 e. The molecule has 0 aliphatic heterocycles. The van der Waals surface area contributed by atoms with Gasteiger partial charge in [0.1, 0.15) is 0 Å². The van der Waals surface area contributed by atoms with Crippen LogP contribution in [0.2, 0.25) is 0 Å². The number of nitrogens with one attached hydrogen (secondary N) is 1. The van der Waals surface area contributed by atoms with Crippen LogP contribution in [0, 0.1) is 0 Å². The van der Waals surface area contributed by atoms with Gasteiger partial charge in [-0.05, 0) is 19.3 Å². The second-order valence-electron chi connectivity index (χ2n) is 13.1. The van der Waals surface area contributed by atoms with Crippen molar-refractivity contribution in [1.82, 2.24) is 5.32 Å². The van der Waals surface area contributed by atoms with Crippen LogP contribution in [0.15, 0.2) is 12.2 Å². The number of amides is 1. The van der Waals surface area contributed by atoms with E-state index in [0.29, 0.717) is 6.42 Å². The van der Waals surface area contributed by atoms with Crippen LogP contribution < -0.4 is 11.1 Å². The number of carbonyl (C=O) groups excluding carboxylic acids is 1. The number of unbranched alkanes of at least 4 members (excludes halogenated alkanes) is 24. The Hall–Kier alpha value is -0.760. The van der Waals surface area contributed by atoms with Crippen LogP contribution in [0.4, 0.5) is 0 Å². The van der Waals surface area contributed by atoms with Crippen LogP contribution in [-0.2, 0) is 18.4 Å². The number of allylic oxidation sites excluding steroid dienone is 1. The third-order valence-electron chi connectivity index (χ3n) is 8.61. The van der Waals surface area contributed by atoms with Gasteiger partial charge in [-0.3, -0.25) is 13.8 Å². The van der Waals surface area contributed by atoms with Gasteiger partial charge in [-0.25, -0.2) is 4.57 Å². The fourth-order valence-corrected chi connectivity index (χ4v) is 6.42. The van der Waals surface area contributed by atoms with E-state index in [1.54, 1.807) is 6.08 Å². The van der Waals surface area contributed by atoms with E-state index in [2.05, 4.69) is 19.2 Å². The molecule has 0 rings (SSSR count). The highest BCUT2D eigenvalue weighted by Crippen LogP contribution is 2.43. The third kappa shape index (κ3) is 31.8. The van der Waals surface area contributed by atoms with E-state index in [4.69, 9.17) is 14.8 Å². The van der Waals surface area contributed by atoms with Crippen molar-refractivity contribution in [3.63, 3.8) is 0 Å². The highest BCUT2D eigenvalue weighted by molar-refractivity contribution is 7.47. The molecule has 0 radical (unpaired) electrons. The summed E-state index contributed by atoms with van der Waals surface area (Å²) in [4.78, 5) is 22.6. The Morgan fingerprint density at radius 3 is 1.54 bits per heavy atom. The summed E-state index contributed by atoms with van der Waals surface area (Å²) in [6.07, 6.45) is 35.4. The zero-order valence-electron chi connectivity index (χ0n) is 30.1. The van der Waals surface area contributed by atoms with Crippen LogP contribution in [-0.4, -0.2) is 47.8 Å². The summed E-state index contributed by atoms with van der Waals surface area (Å²) in [5.41, 5.74) is 5.35. The summed E-state index contributed by atoms with van der Waals surface area (Å²) in [5, 5.41) is 13.6. The average Bonchev–Trinajstić information content (AvgIpc) is 3.04. The summed E-state index contributed by atoms with van der Waals surface area (Å²) >= 11 is 0. The van der Waals surface area contributed by atoms with E-state index in [-0.39, 0.29) is 25.7 Å². The van der Waals surface area contributed by atoms with E-state index >= 15 is 0 Å². The zero-order valence-corrected chi connectivity index (χ0v) is 31.0. The van der Waals surface area contributed by atoms with Gasteiger partial charge in [0, 0.05) is 13.0 Å². The molecule has 0 spiro atoms. The third-order valence-corrected chi connectivity index (χ3v) is 9.60. The number of rotatable bonds is 36. The lowest BCUT2D eigenvalue weighted by Gasteiger charge is -2.23. The Bertz CT molecular complexity index is 739. The second-order valence-corrected chi connectivity index (χ2v) is 14.6. The van der Waals surface area contributed by atoms with Gasteiger partial charge >= 0.3 is 7.82 Å². The van der Waals surface area contributed by atoms with Crippen LogP contribution in [0.25, 0.3) is 0 Å². The molecule has 0 aromatic carbocycles. The molecule has 3 atom stereocenters. The molecular formula is C37H75N2O6P. The van der Waals surface area contributed by atoms with Gasteiger partial charge in [-0.1, -0.05) is 174 Å². The van der Waals surface area contributed by atoms with Crippen molar-refractivity contribution in [2.24, 2.45) is 5.73 Å². The maximum Gasteiger partial charge on any atom is 0.472 e. The first-order valence-electron chi connectivity index (χ1n) is 19.3. The lowest BCUT2D eigenvalue weighted by atomic mass is 10.0. The summed E-state index contributed by atoms with van der Waals surface area (Å²) in [6, 6.07) is -0.852. The number of aliphatic hydroxyl groups excluding tert-OH is 1. The summed E-state index contributed by atoms with van der Waals surface area (Å²) in [5.74, 6) is -0.194. The number of aliphatic hydroxyl groups is 1. The van der Waals surface area contributed by atoms with Crippen molar-refractivity contribution >= 4 is 13.7 Å². The monoisotopic (exact) mass is 675 g/mol. The Morgan fingerprint density at radius 1 is 0.696 bits per heavy atom. The maximum absolute atomic E-state index is 12.7. The van der Waals surface area contributed by atoms with Gasteiger partial charge in [0.2, 0.25) is 5.91 Å². The number of phosphoric ester groups is 1. The molecule has 0 fully saturated rings. The molecule has 5 N–H and O–H groups in total. The van der Waals surface area contributed by atoms with E-state index in [0.717, 1.165) is 38.5 Å². The zero-order chi connectivity index (χ0) is 34.0. The molecule has 1 amide bonds. The van der Waals surface area contributed by atoms with Crippen LogP contribution in [0.3, 0.4) is 0 Å². The first kappa shape index (κ1) is 45.2. The molecule has 9 heteroatoms. The lowest BCUT2D eigenvalue weighted by molar-refractivity contribution is -0.123. The van der Waals surface area contributed by atoms with Gasteiger partial charge in [-0.2, -0.15) is 0 Å². The quantitative estimate of drug-likeness (QED) is 0.0295. The summed E-state index contributed by atoms with van der Waals surface area (Å²) < 4.78 is 22.0. The van der Waals surface area contributed by atoms with E-state index in [1.165, 1.54) is 128 Å². The molecule has 274 valence electrons. The highest BCUT2D eigenvalue weighted by Gasteiger charge is 2.26. The normalized spacial score (nSPS) is 14.5. The van der Waals surface area contributed by atoms with Crippen molar-refractivity contribution in [3.8, 4) is 0 Å². The minimum atomic E-state index is -4.32. The molecule has 3 unspecified atom stereocenters. The van der Waals surface area contributed by atoms with Crippen molar-refractivity contribution < 1.29 is 28.4 Å². The number of carbonyl (C=O) groups is 1. The molecule has 0 heterocycles. The molecule has 0 aromatic rings. The molecule has 46 heavy (non-hydrogen) atoms. The van der Waals surface area contributed by atoms with Crippen molar-refractivity contribution in [1.29, 1.82) is 0 Å². The second kappa shape index (κ2) is 34.1. The molecule has 0 saturated heterocycles. The highest BCUT2D eigenvalue weighted by atomic mass is 31.2. The Kier molecular flexibility index (Phi) is 33.6. The van der Waals surface area contributed by atoms with E-state index in [9.17, 15) is 19.4 Å². The predicted molar refractivity (Wildman–Crippen MR) is 194 cm³/mol. The fraction of sp³-hybridized carbons (Fsp3) is 0.919. The molecular weight excluding hydrogens is 599 g/mol. The van der Waals surface area contributed by atoms with Gasteiger partial charge in [0.15, 0.2) is 0 Å². The van der Waals surface area contributed by atoms with Crippen molar-refractivity contribution in [3.05, 3.63) is 12.2 Å². The molecule has 8 nitrogen and oxygen atoms in total.